The molecule has 0 spiro atoms. The summed E-state index contributed by atoms with van der Waals surface area (Å²) in [5.74, 6) is 0.292. The summed E-state index contributed by atoms with van der Waals surface area (Å²) in [6.45, 7) is -0.222. The van der Waals surface area contributed by atoms with Crippen molar-refractivity contribution < 1.29 is 19.1 Å². The lowest BCUT2D eigenvalue weighted by atomic mass is 10.2. The number of hydrogen-bond acceptors (Lipinski definition) is 4. The van der Waals surface area contributed by atoms with Crippen molar-refractivity contribution in [2.24, 2.45) is 0 Å². The number of ether oxygens (including phenoxy) is 2. The summed E-state index contributed by atoms with van der Waals surface area (Å²) in [5.41, 5.74) is 0.994. The highest BCUT2D eigenvalue weighted by molar-refractivity contribution is 6.36. The van der Waals surface area contributed by atoms with E-state index < -0.39 is 11.9 Å². The van der Waals surface area contributed by atoms with Crippen molar-refractivity contribution in [1.82, 2.24) is 5.32 Å². The average molecular weight is 430 g/mol. The van der Waals surface area contributed by atoms with Crippen LogP contribution >= 0.6 is 23.2 Å². The molecule has 148 valence electrons. The molecule has 3 aromatic rings. The topological polar surface area (TPSA) is 64.6 Å². The molecule has 3 rings (SSSR count). The van der Waals surface area contributed by atoms with Gasteiger partial charge in [-0.3, -0.25) is 9.59 Å². The SMILES string of the molecule is O=C(CNC(=O)c1ccc(Cl)cc1Cl)OCc1cccc(Oc2ccccc2)c1. The first kappa shape index (κ1) is 20.7. The zero-order valence-electron chi connectivity index (χ0n) is 15.2. The van der Waals surface area contributed by atoms with E-state index in [9.17, 15) is 9.59 Å². The number of benzene rings is 3. The first-order valence-electron chi connectivity index (χ1n) is 8.72. The Morgan fingerprint density at radius 2 is 1.62 bits per heavy atom. The van der Waals surface area contributed by atoms with Gasteiger partial charge in [0.15, 0.2) is 0 Å². The van der Waals surface area contributed by atoms with Gasteiger partial charge in [0.2, 0.25) is 0 Å². The fourth-order valence-corrected chi connectivity index (χ4v) is 2.95. The number of para-hydroxylation sites is 1. The van der Waals surface area contributed by atoms with E-state index in [1.165, 1.54) is 12.1 Å². The van der Waals surface area contributed by atoms with Gasteiger partial charge in [0.1, 0.15) is 24.7 Å². The van der Waals surface area contributed by atoms with Gasteiger partial charge in [-0.15, -0.1) is 0 Å². The van der Waals surface area contributed by atoms with Gasteiger partial charge in [-0.05, 0) is 48.0 Å². The van der Waals surface area contributed by atoms with Crippen molar-refractivity contribution >= 4 is 35.1 Å². The Balaban J connectivity index is 1.49. The molecule has 0 heterocycles. The van der Waals surface area contributed by atoms with Crippen LogP contribution in [0.5, 0.6) is 11.5 Å². The van der Waals surface area contributed by atoms with Crippen LogP contribution < -0.4 is 10.1 Å². The molecule has 0 aliphatic rings. The Labute approximate surface area is 178 Å². The fourth-order valence-electron chi connectivity index (χ4n) is 2.46. The van der Waals surface area contributed by atoms with Crippen molar-refractivity contribution in [1.29, 1.82) is 0 Å². The minimum Gasteiger partial charge on any atom is -0.460 e. The number of hydrogen-bond donors (Lipinski definition) is 1. The van der Waals surface area contributed by atoms with E-state index in [1.54, 1.807) is 12.1 Å². The molecule has 0 atom stereocenters. The first-order valence-corrected chi connectivity index (χ1v) is 9.47. The van der Waals surface area contributed by atoms with Gasteiger partial charge in [0.05, 0.1) is 10.6 Å². The smallest absolute Gasteiger partial charge is 0.325 e. The average Bonchev–Trinajstić information content (AvgIpc) is 2.71. The summed E-state index contributed by atoms with van der Waals surface area (Å²) in [6.07, 6.45) is 0. The third kappa shape index (κ3) is 6.24. The lowest BCUT2D eigenvalue weighted by Crippen LogP contribution is -2.30. The maximum Gasteiger partial charge on any atom is 0.325 e. The van der Waals surface area contributed by atoms with Crippen molar-refractivity contribution in [2.45, 2.75) is 6.61 Å². The Kier molecular flexibility index (Phi) is 7.11. The number of esters is 1. The summed E-state index contributed by atoms with van der Waals surface area (Å²) in [6, 6.07) is 21.1. The standard InChI is InChI=1S/C22H17Cl2NO4/c23-16-9-10-19(20(24)12-16)22(27)25-13-21(26)28-14-15-5-4-8-18(11-15)29-17-6-2-1-3-7-17/h1-12H,13-14H2,(H,25,27). The number of rotatable bonds is 7. The number of carbonyl (C=O) groups is 2. The van der Waals surface area contributed by atoms with Crippen LogP contribution in [-0.4, -0.2) is 18.4 Å². The number of carbonyl (C=O) groups excluding carboxylic acids is 2. The quantitative estimate of drug-likeness (QED) is 0.520. The zero-order valence-corrected chi connectivity index (χ0v) is 16.7. The summed E-state index contributed by atoms with van der Waals surface area (Å²) in [7, 11) is 0. The molecule has 7 heteroatoms. The molecule has 5 nitrogen and oxygen atoms in total. The summed E-state index contributed by atoms with van der Waals surface area (Å²) >= 11 is 11.8. The second-order valence-corrected chi connectivity index (χ2v) is 6.87. The summed E-state index contributed by atoms with van der Waals surface area (Å²) in [4.78, 5) is 24.1. The van der Waals surface area contributed by atoms with Gasteiger partial charge in [-0.1, -0.05) is 53.5 Å². The van der Waals surface area contributed by atoms with Gasteiger partial charge in [-0.25, -0.2) is 0 Å². The molecule has 1 N–H and O–H groups in total. The lowest BCUT2D eigenvalue weighted by molar-refractivity contribution is -0.143. The van der Waals surface area contributed by atoms with E-state index in [1.807, 2.05) is 48.5 Å². The summed E-state index contributed by atoms with van der Waals surface area (Å²) in [5, 5.41) is 3.10. The number of halogens is 2. The van der Waals surface area contributed by atoms with E-state index >= 15 is 0 Å². The second-order valence-electron chi connectivity index (χ2n) is 6.03. The van der Waals surface area contributed by atoms with Crippen LogP contribution in [0.25, 0.3) is 0 Å². The summed E-state index contributed by atoms with van der Waals surface area (Å²) < 4.78 is 11.0. The van der Waals surface area contributed by atoms with E-state index in [0.717, 1.165) is 5.56 Å². The van der Waals surface area contributed by atoms with Crippen molar-refractivity contribution in [3.8, 4) is 11.5 Å². The van der Waals surface area contributed by atoms with Crippen LogP contribution in [-0.2, 0) is 16.1 Å². The molecular formula is C22H17Cl2NO4. The predicted molar refractivity (Wildman–Crippen MR) is 112 cm³/mol. The maximum absolute atomic E-state index is 12.1. The van der Waals surface area contributed by atoms with E-state index in [2.05, 4.69) is 5.32 Å². The Bertz CT molecular complexity index is 1010. The largest absolute Gasteiger partial charge is 0.460 e. The molecule has 1 amide bonds. The monoisotopic (exact) mass is 429 g/mol. The van der Waals surface area contributed by atoms with E-state index in [-0.39, 0.29) is 23.7 Å². The Morgan fingerprint density at radius 1 is 0.862 bits per heavy atom. The van der Waals surface area contributed by atoms with Crippen molar-refractivity contribution in [3.05, 3.63) is 94.0 Å². The molecule has 0 saturated heterocycles. The molecule has 0 unspecified atom stereocenters. The minimum absolute atomic E-state index is 0.0579. The molecule has 29 heavy (non-hydrogen) atoms. The maximum atomic E-state index is 12.1. The van der Waals surface area contributed by atoms with E-state index in [0.29, 0.717) is 16.5 Å². The number of amides is 1. The third-order valence-electron chi connectivity index (χ3n) is 3.85. The molecule has 0 fully saturated rings. The zero-order chi connectivity index (χ0) is 20.6. The highest BCUT2D eigenvalue weighted by atomic mass is 35.5. The van der Waals surface area contributed by atoms with Gasteiger partial charge < -0.3 is 14.8 Å². The minimum atomic E-state index is -0.571. The highest BCUT2D eigenvalue weighted by Crippen LogP contribution is 2.22. The molecule has 0 radical (unpaired) electrons. The fraction of sp³-hybridized carbons (Fsp3) is 0.0909. The van der Waals surface area contributed by atoms with Gasteiger partial charge >= 0.3 is 5.97 Å². The first-order chi connectivity index (χ1) is 14.0. The lowest BCUT2D eigenvalue weighted by Gasteiger charge is -2.09. The third-order valence-corrected chi connectivity index (χ3v) is 4.39. The van der Waals surface area contributed by atoms with Gasteiger partial charge in [0.25, 0.3) is 5.91 Å². The molecule has 0 aromatic heterocycles. The molecule has 0 bridgehead atoms. The Morgan fingerprint density at radius 3 is 2.38 bits per heavy atom. The molecular weight excluding hydrogens is 413 g/mol. The van der Waals surface area contributed by atoms with Gasteiger partial charge in [0, 0.05) is 5.02 Å². The molecule has 0 saturated carbocycles. The van der Waals surface area contributed by atoms with Crippen LogP contribution in [0.1, 0.15) is 15.9 Å². The molecule has 0 aliphatic heterocycles. The normalized spacial score (nSPS) is 10.3. The highest BCUT2D eigenvalue weighted by Gasteiger charge is 2.13. The van der Waals surface area contributed by atoms with Crippen molar-refractivity contribution in [2.75, 3.05) is 6.54 Å². The molecule has 3 aromatic carbocycles. The van der Waals surface area contributed by atoms with Crippen LogP contribution in [0.2, 0.25) is 10.0 Å². The predicted octanol–water partition coefficient (Wildman–Crippen LogP) is 5.26. The van der Waals surface area contributed by atoms with Crippen LogP contribution in [0.4, 0.5) is 0 Å². The van der Waals surface area contributed by atoms with Crippen LogP contribution in [0.15, 0.2) is 72.8 Å². The second kappa shape index (κ2) is 9.96. The van der Waals surface area contributed by atoms with Crippen LogP contribution in [0.3, 0.4) is 0 Å². The Hall–Kier alpha value is -3.02. The number of nitrogens with one attached hydrogen (secondary N) is 1. The molecule has 0 aliphatic carbocycles. The van der Waals surface area contributed by atoms with Crippen molar-refractivity contribution in [3.63, 3.8) is 0 Å². The van der Waals surface area contributed by atoms with Gasteiger partial charge in [-0.2, -0.15) is 0 Å². The van der Waals surface area contributed by atoms with E-state index in [4.69, 9.17) is 32.7 Å². The van der Waals surface area contributed by atoms with Crippen LogP contribution in [0, 0.1) is 0 Å².